The van der Waals surface area contributed by atoms with Gasteiger partial charge in [0.25, 0.3) is 0 Å². The molecule has 0 spiro atoms. The molecule has 26 heavy (non-hydrogen) atoms. The van der Waals surface area contributed by atoms with E-state index in [9.17, 15) is 0 Å². The number of benzene rings is 1. The molecule has 0 atom stereocenters. The van der Waals surface area contributed by atoms with E-state index in [0.29, 0.717) is 10.8 Å². The van der Waals surface area contributed by atoms with Crippen LogP contribution in [0.3, 0.4) is 0 Å². The molecule has 2 aromatic rings. The van der Waals surface area contributed by atoms with Gasteiger partial charge in [0.15, 0.2) is 5.82 Å². The molecular formula is C18H24ClN5OS. The first kappa shape index (κ1) is 19.1. The van der Waals surface area contributed by atoms with E-state index in [1.807, 2.05) is 37.3 Å². The second kappa shape index (κ2) is 9.87. The smallest absolute Gasteiger partial charge is 0.207 e. The molecular weight excluding hydrogens is 370 g/mol. The van der Waals surface area contributed by atoms with E-state index in [1.165, 1.54) is 11.5 Å². The average molecular weight is 394 g/mol. The fourth-order valence-corrected chi connectivity index (χ4v) is 3.36. The van der Waals surface area contributed by atoms with Crippen LogP contribution >= 0.6 is 23.1 Å². The summed E-state index contributed by atoms with van der Waals surface area (Å²) in [5.74, 6) is 0.713. The van der Waals surface area contributed by atoms with Gasteiger partial charge in [-0.15, -0.1) is 0 Å². The molecule has 0 aliphatic carbocycles. The number of ether oxygens (including phenoxy) is 1. The van der Waals surface area contributed by atoms with Gasteiger partial charge in [-0.1, -0.05) is 11.6 Å². The van der Waals surface area contributed by atoms with Crippen molar-refractivity contribution in [3.8, 4) is 0 Å². The SMILES string of the molecule is C/C(=C\c1nsc(Nc2ccc(Cl)cc2)n1)NCCCN1CCOCC1. The number of anilines is 2. The topological polar surface area (TPSA) is 62.3 Å². The fourth-order valence-electron chi connectivity index (χ4n) is 2.66. The molecule has 1 fully saturated rings. The van der Waals surface area contributed by atoms with Crippen molar-refractivity contribution in [2.75, 3.05) is 44.7 Å². The maximum Gasteiger partial charge on any atom is 0.207 e. The zero-order valence-electron chi connectivity index (χ0n) is 14.9. The molecule has 6 nitrogen and oxygen atoms in total. The van der Waals surface area contributed by atoms with Gasteiger partial charge in [-0.05, 0) is 44.2 Å². The van der Waals surface area contributed by atoms with Crippen molar-refractivity contribution in [1.82, 2.24) is 19.6 Å². The summed E-state index contributed by atoms with van der Waals surface area (Å²) in [5.41, 5.74) is 2.02. The number of aromatic nitrogens is 2. The maximum absolute atomic E-state index is 5.90. The Kier molecular flexibility index (Phi) is 7.25. The van der Waals surface area contributed by atoms with Crippen molar-refractivity contribution in [3.05, 3.63) is 40.8 Å². The number of nitrogens with zero attached hydrogens (tertiary/aromatic N) is 3. The molecule has 1 aromatic carbocycles. The largest absolute Gasteiger partial charge is 0.388 e. The molecule has 8 heteroatoms. The van der Waals surface area contributed by atoms with E-state index in [2.05, 4.69) is 24.9 Å². The van der Waals surface area contributed by atoms with Crippen LogP contribution in [0.2, 0.25) is 5.02 Å². The quantitative estimate of drug-likeness (QED) is 0.668. The first-order chi connectivity index (χ1) is 12.7. The van der Waals surface area contributed by atoms with E-state index < -0.39 is 0 Å². The Morgan fingerprint density at radius 1 is 1.31 bits per heavy atom. The van der Waals surface area contributed by atoms with Gasteiger partial charge in [0.05, 0.1) is 13.2 Å². The Labute approximate surface area is 163 Å². The molecule has 2 heterocycles. The summed E-state index contributed by atoms with van der Waals surface area (Å²) in [7, 11) is 0. The van der Waals surface area contributed by atoms with Gasteiger partial charge >= 0.3 is 0 Å². The molecule has 2 N–H and O–H groups in total. The molecule has 0 saturated carbocycles. The van der Waals surface area contributed by atoms with Gasteiger partial charge in [0.2, 0.25) is 5.13 Å². The highest BCUT2D eigenvalue weighted by Gasteiger charge is 2.09. The lowest BCUT2D eigenvalue weighted by Crippen LogP contribution is -2.37. The number of morpholine rings is 1. The van der Waals surface area contributed by atoms with Gasteiger partial charge in [-0.25, -0.2) is 0 Å². The Hall–Kier alpha value is -1.67. The van der Waals surface area contributed by atoms with Gasteiger partial charge in [-0.2, -0.15) is 9.36 Å². The second-order valence-electron chi connectivity index (χ2n) is 6.15. The number of hydrogen-bond donors (Lipinski definition) is 2. The molecule has 1 aliphatic rings. The lowest BCUT2D eigenvalue weighted by Gasteiger charge is -2.26. The third-order valence-corrected chi connectivity index (χ3v) is 4.94. The fraction of sp³-hybridized carbons (Fsp3) is 0.444. The molecule has 1 aliphatic heterocycles. The minimum atomic E-state index is 0.713. The first-order valence-corrected chi connectivity index (χ1v) is 9.93. The minimum absolute atomic E-state index is 0.713. The second-order valence-corrected chi connectivity index (χ2v) is 7.34. The van der Waals surface area contributed by atoms with E-state index in [4.69, 9.17) is 16.3 Å². The van der Waals surface area contributed by atoms with E-state index in [-0.39, 0.29) is 0 Å². The number of nitrogens with one attached hydrogen (secondary N) is 2. The minimum Gasteiger partial charge on any atom is -0.388 e. The van der Waals surface area contributed by atoms with Crippen LogP contribution in [0.25, 0.3) is 6.08 Å². The summed E-state index contributed by atoms with van der Waals surface area (Å²) in [6, 6.07) is 7.52. The van der Waals surface area contributed by atoms with Crippen molar-refractivity contribution in [1.29, 1.82) is 0 Å². The van der Waals surface area contributed by atoms with Crippen molar-refractivity contribution in [2.45, 2.75) is 13.3 Å². The summed E-state index contributed by atoms with van der Waals surface area (Å²) in [4.78, 5) is 6.94. The number of allylic oxidation sites excluding steroid dienone is 1. The van der Waals surface area contributed by atoms with Crippen LogP contribution in [0.1, 0.15) is 19.2 Å². The van der Waals surface area contributed by atoms with Crippen molar-refractivity contribution < 1.29 is 4.74 Å². The summed E-state index contributed by atoms with van der Waals surface area (Å²) in [5, 5.41) is 8.14. The first-order valence-electron chi connectivity index (χ1n) is 8.77. The van der Waals surface area contributed by atoms with Gasteiger partial charge in [0, 0.05) is 53.6 Å². The summed E-state index contributed by atoms with van der Waals surface area (Å²) in [6.45, 7) is 7.89. The molecule has 0 amide bonds. The number of rotatable bonds is 8. The molecule has 0 radical (unpaired) electrons. The van der Waals surface area contributed by atoms with Gasteiger partial charge in [0.1, 0.15) is 0 Å². The lowest BCUT2D eigenvalue weighted by atomic mass is 10.3. The average Bonchev–Trinajstić information content (AvgIpc) is 3.08. The van der Waals surface area contributed by atoms with Crippen LogP contribution < -0.4 is 10.6 Å². The lowest BCUT2D eigenvalue weighted by molar-refractivity contribution is 0.0375. The molecule has 0 bridgehead atoms. The van der Waals surface area contributed by atoms with E-state index in [0.717, 1.165) is 62.3 Å². The number of halogens is 1. The normalized spacial score (nSPS) is 15.8. The molecule has 1 aromatic heterocycles. The standard InChI is InChI=1S/C18H24ClN5OS/c1-14(20-7-2-8-24-9-11-25-12-10-24)13-17-22-18(26-23-17)21-16-5-3-15(19)4-6-16/h3-6,13,20H,2,7-12H2,1H3,(H,21,22,23)/b14-13+. The van der Waals surface area contributed by atoms with E-state index >= 15 is 0 Å². The number of hydrogen-bond acceptors (Lipinski definition) is 7. The van der Waals surface area contributed by atoms with Crippen LogP contribution in [0, 0.1) is 0 Å². The molecule has 1 saturated heterocycles. The third kappa shape index (κ3) is 6.25. The molecule has 0 unspecified atom stereocenters. The van der Waals surface area contributed by atoms with Crippen LogP contribution in [-0.2, 0) is 4.74 Å². The zero-order chi connectivity index (χ0) is 18.2. The van der Waals surface area contributed by atoms with Crippen molar-refractivity contribution in [3.63, 3.8) is 0 Å². The molecule has 140 valence electrons. The summed E-state index contributed by atoms with van der Waals surface area (Å²) >= 11 is 7.24. The summed E-state index contributed by atoms with van der Waals surface area (Å²) in [6.07, 6.45) is 3.08. The summed E-state index contributed by atoms with van der Waals surface area (Å²) < 4.78 is 9.74. The Morgan fingerprint density at radius 3 is 2.85 bits per heavy atom. The van der Waals surface area contributed by atoms with Crippen molar-refractivity contribution in [2.24, 2.45) is 0 Å². The van der Waals surface area contributed by atoms with Gasteiger partial charge < -0.3 is 15.4 Å². The highest BCUT2D eigenvalue weighted by Crippen LogP contribution is 2.20. The predicted octanol–water partition coefficient (Wildman–Crippen LogP) is 3.61. The Morgan fingerprint density at radius 2 is 2.08 bits per heavy atom. The highest BCUT2D eigenvalue weighted by atomic mass is 35.5. The zero-order valence-corrected chi connectivity index (χ0v) is 16.4. The van der Waals surface area contributed by atoms with E-state index in [1.54, 1.807) is 0 Å². The van der Waals surface area contributed by atoms with Crippen LogP contribution in [-0.4, -0.2) is 53.7 Å². The monoisotopic (exact) mass is 393 g/mol. The predicted molar refractivity (Wildman–Crippen MR) is 108 cm³/mol. The van der Waals surface area contributed by atoms with Crippen LogP contribution in [0.4, 0.5) is 10.8 Å². The maximum atomic E-state index is 5.90. The Balaban J connectivity index is 1.42. The van der Waals surface area contributed by atoms with Crippen molar-refractivity contribution >= 4 is 40.0 Å². The highest BCUT2D eigenvalue weighted by molar-refractivity contribution is 7.09. The molecule has 3 rings (SSSR count). The van der Waals surface area contributed by atoms with Gasteiger partial charge in [-0.3, -0.25) is 4.90 Å². The Bertz CT molecular complexity index is 713. The van der Waals surface area contributed by atoms with Crippen LogP contribution in [0.15, 0.2) is 30.0 Å². The van der Waals surface area contributed by atoms with Crippen LogP contribution in [0.5, 0.6) is 0 Å². The third-order valence-electron chi connectivity index (χ3n) is 4.04.